The first kappa shape index (κ1) is 14.9. The monoisotopic (exact) mass is 294 g/mol. The van der Waals surface area contributed by atoms with Crippen molar-refractivity contribution in [1.29, 1.82) is 0 Å². The van der Waals surface area contributed by atoms with Crippen molar-refractivity contribution in [2.75, 3.05) is 22.3 Å². The second kappa shape index (κ2) is 8.01. The second-order valence-corrected chi connectivity index (χ2v) is 8.98. The molecule has 0 aromatic carbocycles. The molecule has 2 atom stereocenters. The third-order valence-electron chi connectivity index (χ3n) is 2.00. The van der Waals surface area contributed by atoms with Crippen molar-refractivity contribution in [2.24, 2.45) is 0 Å². The van der Waals surface area contributed by atoms with E-state index in [1.165, 1.54) is 28.4 Å². The van der Waals surface area contributed by atoms with E-state index in [0.717, 1.165) is 11.0 Å². The van der Waals surface area contributed by atoms with Crippen LogP contribution in [0.2, 0.25) is 0 Å². The molecule has 1 nitrogen and oxygen atoms in total. The molecule has 1 heterocycles. The third-order valence-corrected chi connectivity index (χ3v) is 7.80. The number of carbonyl (C=O) groups is 1. The van der Waals surface area contributed by atoms with Crippen LogP contribution in [0.4, 0.5) is 0 Å². The van der Waals surface area contributed by atoms with E-state index in [2.05, 4.69) is 25.3 Å². The van der Waals surface area contributed by atoms with Gasteiger partial charge < -0.3 is 0 Å². The Labute approximate surface area is 115 Å². The highest BCUT2D eigenvalue weighted by atomic mass is 32.2. The van der Waals surface area contributed by atoms with E-state index in [-0.39, 0.29) is 5.12 Å². The number of hydrogen-bond acceptors (Lipinski definition) is 5. The quantitative estimate of drug-likeness (QED) is 0.692. The Bertz CT molecular complexity index is 248. The fraction of sp³-hybridized carbons (Fsp3) is 0.727. The molecule has 0 aromatic heterocycles. The van der Waals surface area contributed by atoms with E-state index in [1.807, 2.05) is 23.5 Å². The van der Waals surface area contributed by atoms with Crippen LogP contribution in [0.25, 0.3) is 0 Å². The van der Waals surface area contributed by atoms with Crippen molar-refractivity contribution in [2.45, 2.75) is 24.3 Å². The van der Waals surface area contributed by atoms with Crippen LogP contribution in [0.5, 0.6) is 0 Å². The zero-order valence-corrected chi connectivity index (χ0v) is 13.0. The summed E-state index contributed by atoms with van der Waals surface area (Å²) in [7, 11) is 0. The topological polar surface area (TPSA) is 17.1 Å². The molecule has 0 spiro atoms. The summed E-state index contributed by atoms with van der Waals surface area (Å²) in [6, 6.07) is 0. The highest BCUT2D eigenvalue weighted by Crippen LogP contribution is 2.32. The van der Waals surface area contributed by atoms with Gasteiger partial charge >= 0.3 is 0 Å². The van der Waals surface area contributed by atoms with Crippen molar-refractivity contribution >= 4 is 52.2 Å². The number of thioether (sulfide) groups is 4. The molecule has 0 aromatic rings. The molecule has 1 saturated heterocycles. The second-order valence-electron chi connectivity index (χ2n) is 3.81. The Kier molecular flexibility index (Phi) is 7.44. The lowest BCUT2D eigenvalue weighted by molar-refractivity contribution is -0.107. The van der Waals surface area contributed by atoms with E-state index < -0.39 is 0 Å². The van der Waals surface area contributed by atoms with Gasteiger partial charge in [-0.3, -0.25) is 4.79 Å². The van der Waals surface area contributed by atoms with Crippen molar-refractivity contribution < 1.29 is 4.79 Å². The van der Waals surface area contributed by atoms with Gasteiger partial charge in [0.2, 0.25) is 5.12 Å². The van der Waals surface area contributed by atoms with Crippen molar-refractivity contribution in [3.8, 4) is 0 Å². The van der Waals surface area contributed by atoms with E-state index in [1.54, 1.807) is 6.92 Å². The Morgan fingerprint density at radius 3 is 2.94 bits per heavy atom. The van der Waals surface area contributed by atoms with Gasteiger partial charge in [-0.15, -0.1) is 23.5 Å². The predicted octanol–water partition coefficient (Wildman–Crippen LogP) is 3.75. The van der Waals surface area contributed by atoms with Gasteiger partial charge in [0.25, 0.3) is 0 Å². The highest BCUT2D eigenvalue weighted by molar-refractivity contribution is 8.20. The summed E-state index contributed by atoms with van der Waals surface area (Å²) in [6.07, 6.45) is 0. The smallest absolute Gasteiger partial charge is 0.214 e. The first-order chi connectivity index (χ1) is 7.59. The van der Waals surface area contributed by atoms with Gasteiger partial charge in [0, 0.05) is 32.8 Å². The van der Waals surface area contributed by atoms with E-state index in [9.17, 15) is 4.79 Å². The Morgan fingerprint density at radius 1 is 1.62 bits per heavy atom. The van der Waals surface area contributed by atoms with Crippen LogP contribution in [-0.2, 0) is 4.79 Å². The summed E-state index contributed by atoms with van der Waals surface area (Å²) in [5.41, 5.74) is 0.657. The lowest BCUT2D eigenvalue weighted by atomic mass is 10.4. The number of hydrogen-bond donors (Lipinski definition) is 0. The summed E-state index contributed by atoms with van der Waals surface area (Å²) in [4.78, 5) is 11.4. The van der Waals surface area contributed by atoms with Crippen LogP contribution >= 0.6 is 47.0 Å². The summed E-state index contributed by atoms with van der Waals surface area (Å²) in [6.45, 7) is 7.57. The molecule has 1 rings (SSSR count). The molecule has 0 bridgehead atoms. The first-order valence-corrected chi connectivity index (χ1v) is 9.47. The van der Waals surface area contributed by atoms with Crippen molar-refractivity contribution in [1.82, 2.24) is 0 Å². The SMILES string of the molecule is C=C(C)C(=O)SC(C)CSCC1CSCS1. The maximum atomic E-state index is 11.4. The average Bonchev–Trinajstić information content (AvgIpc) is 2.70. The standard InChI is InChI=1S/C11H18OS4/c1-8(2)11(12)16-9(3)4-13-5-10-6-14-7-15-10/h9-10H,1,4-7H2,2-3H3. The lowest BCUT2D eigenvalue weighted by Gasteiger charge is -2.11. The summed E-state index contributed by atoms with van der Waals surface area (Å²) >= 11 is 7.50. The summed E-state index contributed by atoms with van der Waals surface area (Å²) < 4.78 is 0. The average molecular weight is 295 g/mol. The van der Waals surface area contributed by atoms with Crippen LogP contribution in [0.15, 0.2) is 12.2 Å². The van der Waals surface area contributed by atoms with E-state index in [4.69, 9.17) is 0 Å². The fourth-order valence-electron chi connectivity index (χ4n) is 1.15. The molecule has 0 radical (unpaired) electrons. The minimum Gasteiger partial charge on any atom is -0.282 e. The van der Waals surface area contributed by atoms with E-state index >= 15 is 0 Å². The van der Waals surface area contributed by atoms with Gasteiger partial charge in [-0.1, -0.05) is 25.3 Å². The van der Waals surface area contributed by atoms with Crippen LogP contribution in [0, 0.1) is 0 Å². The predicted molar refractivity (Wildman–Crippen MR) is 82.9 cm³/mol. The van der Waals surface area contributed by atoms with Gasteiger partial charge in [0.15, 0.2) is 0 Å². The van der Waals surface area contributed by atoms with Gasteiger partial charge in [0.1, 0.15) is 0 Å². The van der Waals surface area contributed by atoms with Crippen LogP contribution in [0.3, 0.4) is 0 Å². The number of rotatable bonds is 6. The minimum atomic E-state index is 0.138. The fourth-order valence-corrected chi connectivity index (χ4v) is 6.54. The highest BCUT2D eigenvalue weighted by Gasteiger charge is 2.17. The van der Waals surface area contributed by atoms with E-state index in [0.29, 0.717) is 10.8 Å². The third kappa shape index (κ3) is 5.94. The van der Waals surface area contributed by atoms with Crippen molar-refractivity contribution in [3.05, 3.63) is 12.2 Å². The Balaban J connectivity index is 2.07. The molecule has 0 aliphatic carbocycles. The molecule has 0 N–H and O–H groups in total. The van der Waals surface area contributed by atoms with Crippen LogP contribution in [-0.4, -0.2) is 38.0 Å². The maximum absolute atomic E-state index is 11.4. The molecule has 1 fully saturated rings. The first-order valence-electron chi connectivity index (χ1n) is 5.23. The van der Waals surface area contributed by atoms with Gasteiger partial charge in [0.05, 0.1) is 0 Å². The largest absolute Gasteiger partial charge is 0.282 e. The Hall–Kier alpha value is 0.810. The minimum absolute atomic E-state index is 0.138. The molecule has 16 heavy (non-hydrogen) atoms. The molecular weight excluding hydrogens is 276 g/mol. The molecule has 5 heteroatoms. The molecule has 92 valence electrons. The lowest BCUT2D eigenvalue weighted by Crippen LogP contribution is -2.10. The Morgan fingerprint density at radius 2 is 2.38 bits per heavy atom. The van der Waals surface area contributed by atoms with Crippen LogP contribution in [0.1, 0.15) is 13.8 Å². The van der Waals surface area contributed by atoms with Crippen LogP contribution < -0.4 is 0 Å². The molecule has 1 aliphatic heterocycles. The summed E-state index contributed by atoms with van der Waals surface area (Å²) in [5.74, 6) is 3.58. The zero-order chi connectivity index (χ0) is 12.0. The van der Waals surface area contributed by atoms with Gasteiger partial charge in [-0.05, 0) is 12.5 Å². The molecule has 1 aliphatic rings. The van der Waals surface area contributed by atoms with Gasteiger partial charge in [-0.25, -0.2) is 0 Å². The van der Waals surface area contributed by atoms with Crippen molar-refractivity contribution in [3.63, 3.8) is 0 Å². The van der Waals surface area contributed by atoms with Gasteiger partial charge in [-0.2, -0.15) is 11.8 Å². The molecular formula is C11H18OS4. The normalized spacial score (nSPS) is 22.0. The molecule has 0 amide bonds. The zero-order valence-electron chi connectivity index (χ0n) is 9.73. The number of carbonyl (C=O) groups excluding carboxylic acids is 1. The summed E-state index contributed by atoms with van der Waals surface area (Å²) in [5, 5.41) is 2.61. The molecule has 0 saturated carbocycles. The molecule has 2 unspecified atom stereocenters. The maximum Gasteiger partial charge on any atom is 0.214 e.